The van der Waals surface area contributed by atoms with Gasteiger partial charge in [-0.25, -0.2) is 4.79 Å². The van der Waals surface area contributed by atoms with Crippen LogP contribution in [-0.4, -0.2) is 24.2 Å². The number of pyridine rings is 1. The maximum atomic E-state index is 12.1. The molecule has 4 rings (SSSR count). The number of ether oxygens (including phenoxy) is 1. The van der Waals surface area contributed by atoms with Gasteiger partial charge in [0.15, 0.2) is 0 Å². The molecule has 1 aliphatic carbocycles. The number of nitrogens with zero attached hydrogens (tertiary/aromatic N) is 1. The number of nitrogens with one attached hydrogen (secondary N) is 1. The molecule has 0 unspecified atom stereocenters. The van der Waals surface area contributed by atoms with Gasteiger partial charge in [-0.05, 0) is 46.9 Å². The first-order valence-electron chi connectivity index (χ1n) is 9.70. The van der Waals surface area contributed by atoms with E-state index in [2.05, 4.69) is 34.6 Å². The number of hydrogen-bond donors (Lipinski definition) is 2. The zero-order chi connectivity index (χ0) is 20.1. The number of amides is 1. The van der Waals surface area contributed by atoms with Crippen molar-refractivity contribution in [3.05, 3.63) is 89.8 Å². The molecule has 0 saturated heterocycles. The second-order valence-corrected chi connectivity index (χ2v) is 6.92. The molecule has 1 aromatic heterocycles. The van der Waals surface area contributed by atoms with Crippen LogP contribution in [0.4, 0.5) is 10.5 Å². The maximum absolute atomic E-state index is 12.1. The van der Waals surface area contributed by atoms with E-state index in [0.717, 1.165) is 5.69 Å². The van der Waals surface area contributed by atoms with Gasteiger partial charge in [0.25, 0.3) is 0 Å². The Morgan fingerprint density at radius 1 is 1.03 bits per heavy atom. The van der Waals surface area contributed by atoms with Gasteiger partial charge in [0.1, 0.15) is 6.61 Å². The molecule has 0 aliphatic heterocycles. The van der Waals surface area contributed by atoms with Gasteiger partial charge >= 0.3 is 6.09 Å². The SMILES string of the molecule is Nc1cccnc1C=CCCNC(=O)OCC1c2ccccc2-c2ccccc21. The third-order valence-electron chi connectivity index (χ3n) is 5.07. The van der Waals surface area contributed by atoms with E-state index in [0.29, 0.717) is 25.3 Å². The summed E-state index contributed by atoms with van der Waals surface area (Å²) in [5, 5.41) is 2.79. The Bertz CT molecular complexity index is 1000. The zero-order valence-corrected chi connectivity index (χ0v) is 16.0. The van der Waals surface area contributed by atoms with Crippen LogP contribution in [0.25, 0.3) is 17.2 Å². The van der Waals surface area contributed by atoms with Crippen LogP contribution in [0.5, 0.6) is 0 Å². The van der Waals surface area contributed by atoms with Crippen molar-refractivity contribution in [3.8, 4) is 11.1 Å². The Hall–Kier alpha value is -3.60. The highest BCUT2D eigenvalue weighted by Crippen LogP contribution is 2.44. The van der Waals surface area contributed by atoms with E-state index >= 15 is 0 Å². The Balaban J connectivity index is 1.29. The molecule has 1 aliphatic rings. The van der Waals surface area contributed by atoms with E-state index in [9.17, 15) is 4.79 Å². The van der Waals surface area contributed by atoms with Gasteiger partial charge in [-0.2, -0.15) is 0 Å². The normalized spacial score (nSPS) is 12.6. The number of carbonyl (C=O) groups excluding carboxylic acids is 1. The maximum Gasteiger partial charge on any atom is 0.407 e. The van der Waals surface area contributed by atoms with Crippen molar-refractivity contribution >= 4 is 17.9 Å². The summed E-state index contributed by atoms with van der Waals surface area (Å²) in [7, 11) is 0. The van der Waals surface area contributed by atoms with Crippen molar-refractivity contribution in [1.82, 2.24) is 10.3 Å². The number of rotatable bonds is 6. The van der Waals surface area contributed by atoms with Crippen LogP contribution in [-0.2, 0) is 4.74 Å². The fourth-order valence-corrected chi connectivity index (χ4v) is 3.67. The van der Waals surface area contributed by atoms with Gasteiger partial charge in [0, 0.05) is 18.7 Å². The summed E-state index contributed by atoms with van der Waals surface area (Å²) in [6, 6.07) is 20.2. The summed E-state index contributed by atoms with van der Waals surface area (Å²) in [6.45, 7) is 0.806. The smallest absolute Gasteiger partial charge is 0.407 e. The first-order chi connectivity index (χ1) is 14.2. The average Bonchev–Trinajstić information content (AvgIpc) is 3.07. The minimum absolute atomic E-state index is 0.0696. The van der Waals surface area contributed by atoms with E-state index in [4.69, 9.17) is 10.5 Å². The molecule has 2 aromatic carbocycles. The molecule has 1 heterocycles. The quantitative estimate of drug-likeness (QED) is 0.608. The van der Waals surface area contributed by atoms with Gasteiger partial charge in [-0.15, -0.1) is 0 Å². The van der Waals surface area contributed by atoms with Crippen LogP contribution in [0, 0.1) is 0 Å². The summed E-state index contributed by atoms with van der Waals surface area (Å²) in [5.41, 5.74) is 12.1. The number of aromatic nitrogens is 1. The number of benzene rings is 2. The Morgan fingerprint density at radius 2 is 1.72 bits per heavy atom. The summed E-state index contributed by atoms with van der Waals surface area (Å²) in [6.07, 6.45) is 5.75. The van der Waals surface area contributed by atoms with E-state index < -0.39 is 6.09 Å². The second-order valence-electron chi connectivity index (χ2n) is 6.92. The number of carbonyl (C=O) groups is 1. The number of alkyl carbamates (subject to hydrolysis) is 1. The molecular formula is C24H23N3O2. The highest BCUT2D eigenvalue weighted by Gasteiger charge is 2.28. The fourth-order valence-electron chi connectivity index (χ4n) is 3.67. The minimum Gasteiger partial charge on any atom is -0.449 e. The summed E-state index contributed by atoms with van der Waals surface area (Å²) in [5.74, 6) is 0.0696. The summed E-state index contributed by atoms with van der Waals surface area (Å²) >= 11 is 0. The van der Waals surface area contributed by atoms with Crippen molar-refractivity contribution in [2.75, 3.05) is 18.9 Å². The monoisotopic (exact) mass is 385 g/mol. The van der Waals surface area contributed by atoms with E-state index in [1.54, 1.807) is 12.3 Å². The molecule has 0 radical (unpaired) electrons. The van der Waals surface area contributed by atoms with E-state index in [-0.39, 0.29) is 5.92 Å². The van der Waals surface area contributed by atoms with E-state index in [1.165, 1.54) is 22.3 Å². The largest absolute Gasteiger partial charge is 0.449 e. The molecule has 3 aromatic rings. The predicted molar refractivity (Wildman–Crippen MR) is 115 cm³/mol. The molecular weight excluding hydrogens is 362 g/mol. The van der Waals surface area contributed by atoms with Crippen LogP contribution >= 0.6 is 0 Å². The Labute approximate surface area is 170 Å². The lowest BCUT2D eigenvalue weighted by Gasteiger charge is -2.14. The summed E-state index contributed by atoms with van der Waals surface area (Å²) in [4.78, 5) is 16.3. The fraction of sp³-hybridized carbons (Fsp3) is 0.167. The lowest BCUT2D eigenvalue weighted by atomic mass is 9.98. The number of anilines is 1. The van der Waals surface area contributed by atoms with Crippen LogP contribution in [0.15, 0.2) is 72.9 Å². The molecule has 0 bridgehead atoms. The third-order valence-corrected chi connectivity index (χ3v) is 5.07. The van der Waals surface area contributed by atoms with Gasteiger partial charge in [0.2, 0.25) is 0 Å². The predicted octanol–water partition coefficient (Wildman–Crippen LogP) is 4.61. The molecule has 0 saturated carbocycles. The highest BCUT2D eigenvalue weighted by molar-refractivity contribution is 5.79. The van der Waals surface area contributed by atoms with Crippen LogP contribution in [0.2, 0.25) is 0 Å². The summed E-state index contributed by atoms with van der Waals surface area (Å²) < 4.78 is 5.52. The molecule has 5 heteroatoms. The second kappa shape index (κ2) is 8.61. The third kappa shape index (κ3) is 4.14. The lowest BCUT2D eigenvalue weighted by Crippen LogP contribution is -2.26. The first kappa shape index (κ1) is 18.7. The number of nitrogens with two attached hydrogens (primary N) is 1. The first-order valence-corrected chi connectivity index (χ1v) is 9.70. The average molecular weight is 385 g/mol. The van der Waals surface area contributed by atoms with Crippen molar-refractivity contribution in [3.63, 3.8) is 0 Å². The van der Waals surface area contributed by atoms with Crippen molar-refractivity contribution in [1.29, 1.82) is 0 Å². The van der Waals surface area contributed by atoms with Gasteiger partial charge in [0.05, 0.1) is 11.4 Å². The minimum atomic E-state index is -0.405. The van der Waals surface area contributed by atoms with Gasteiger partial charge in [-0.1, -0.05) is 54.6 Å². The topological polar surface area (TPSA) is 77.2 Å². The lowest BCUT2D eigenvalue weighted by molar-refractivity contribution is 0.143. The molecule has 146 valence electrons. The molecule has 3 N–H and O–H groups in total. The number of fused-ring (bicyclic) bond motifs is 3. The molecule has 5 nitrogen and oxygen atoms in total. The van der Waals surface area contributed by atoms with Crippen molar-refractivity contribution in [2.24, 2.45) is 0 Å². The van der Waals surface area contributed by atoms with E-state index in [1.807, 2.05) is 42.5 Å². The van der Waals surface area contributed by atoms with Gasteiger partial charge in [-0.3, -0.25) is 4.98 Å². The van der Waals surface area contributed by atoms with Crippen molar-refractivity contribution < 1.29 is 9.53 Å². The van der Waals surface area contributed by atoms with Gasteiger partial charge < -0.3 is 15.8 Å². The van der Waals surface area contributed by atoms with Crippen LogP contribution < -0.4 is 11.1 Å². The number of nitrogen functional groups attached to an aromatic ring is 1. The Kier molecular flexibility index (Phi) is 5.56. The Morgan fingerprint density at radius 3 is 2.41 bits per heavy atom. The highest BCUT2D eigenvalue weighted by atomic mass is 16.5. The number of hydrogen-bond acceptors (Lipinski definition) is 4. The molecule has 0 fully saturated rings. The molecule has 0 atom stereocenters. The van der Waals surface area contributed by atoms with Crippen molar-refractivity contribution in [2.45, 2.75) is 12.3 Å². The molecule has 0 spiro atoms. The molecule has 29 heavy (non-hydrogen) atoms. The zero-order valence-electron chi connectivity index (χ0n) is 16.0. The van der Waals surface area contributed by atoms with Crippen LogP contribution in [0.3, 0.4) is 0 Å². The molecule has 1 amide bonds. The standard InChI is InChI=1S/C24H23N3O2/c25-22-12-7-15-26-23(22)13-5-6-14-27-24(28)29-16-21-19-10-3-1-8-17(19)18-9-2-4-11-20(18)21/h1-5,7-13,15,21H,6,14,16,25H2,(H,27,28). The van der Waals surface area contributed by atoms with Crippen LogP contribution in [0.1, 0.15) is 29.2 Å².